The van der Waals surface area contributed by atoms with E-state index in [-0.39, 0.29) is 10.8 Å². The van der Waals surface area contributed by atoms with Gasteiger partial charge in [-0.1, -0.05) is 77.9 Å². The maximum atomic E-state index is 6.41. The fourth-order valence-electron chi connectivity index (χ4n) is 5.46. The number of hydrogen-bond donors (Lipinski definition) is 0. The van der Waals surface area contributed by atoms with E-state index in [0.29, 0.717) is 0 Å². The summed E-state index contributed by atoms with van der Waals surface area (Å²) in [6.45, 7) is 13.5. The molecule has 2 nitrogen and oxygen atoms in total. The molecule has 0 spiro atoms. The van der Waals surface area contributed by atoms with Crippen LogP contribution in [-0.2, 0) is 10.8 Å². The number of hydrogen-bond acceptors (Lipinski definition) is 2. The van der Waals surface area contributed by atoms with Crippen LogP contribution in [0.1, 0.15) is 52.7 Å². The Labute approximate surface area is 210 Å². The van der Waals surface area contributed by atoms with Gasteiger partial charge in [0.25, 0.3) is 0 Å². The normalized spacial score (nSPS) is 13.3. The van der Waals surface area contributed by atoms with Crippen molar-refractivity contribution in [2.75, 3.05) is 0 Å². The lowest BCUT2D eigenvalue weighted by Gasteiger charge is -2.19. The Balaban J connectivity index is 1.46. The van der Waals surface area contributed by atoms with Crippen LogP contribution in [0.3, 0.4) is 0 Å². The number of rotatable bonds is 0. The molecule has 0 N–H and O–H groups in total. The average Bonchev–Trinajstić information content (AvgIpc) is 3.33. The third-order valence-corrected chi connectivity index (χ3v) is 7.71. The van der Waals surface area contributed by atoms with Gasteiger partial charge < -0.3 is 8.83 Å². The van der Waals surface area contributed by atoms with E-state index in [1.165, 1.54) is 32.7 Å². The van der Waals surface area contributed by atoms with Crippen molar-refractivity contribution < 1.29 is 8.83 Å². The summed E-state index contributed by atoms with van der Waals surface area (Å²) < 4.78 is 12.8. The minimum absolute atomic E-state index is 0.112. The number of fused-ring (bicyclic) bond motifs is 8. The van der Waals surface area contributed by atoms with Crippen LogP contribution in [0.5, 0.6) is 0 Å². The maximum Gasteiger partial charge on any atom is 0.136 e. The van der Waals surface area contributed by atoms with Gasteiger partial charge in [0.15, 0.2) is 0 Å². The molecular formula is C34H30O2. The summed E-state index contributed by atoms with van der Waals surface area (Å²) in [5.74, 6) is 0. The van der Waals surface area contributed by atoms with Crippen molar-refractivity contribution in [2.45, 2.75) is 52.4 Å². The summed E-state index contributed by atoms with van der Waals surface area (Å²) in [6, 6.07) is 26.7. The molecule has 7 aromatic rings. The van der Waals surface area contributed by atoms with Gasteiger partial charge in [-0.15, -0.1) is 0 Å². The molecule has 0 atom stereocenters. The minimum Gasteiger partial charge on any atom is -0.456 e. The largest absolute Gasteiger partial charge is 0.456 e. The van der Waals surface area contributed by atoms with E-state index in [4.69, 9.17) is 8.83 Å². The second-order valence-corrected chi connectivity index (χ2v) is 12.4. The second kappa shape index (κ2) is 6.91. The Kier molecular flexibility index (Phi) is 4.13. The Morgan fingerprint density at radius 2 is 0.750 bits per heavy atom. The predicted octanol–water partition coefficient (Wildman–Crippen LogP) is 10.4. The van der Waals surface area contributed by atoms with Crippen molar-refractivity contribution in [2.24, 2.45) is 0 Å². The molecule has 0 saturated carbocycles. The molecular weight excluding hydrogens is 440 g/mol. The van der Waals surface area contributed by atoms with Crippen molar-refractivity contribution in [3.05, 3.63) is 83.9 Å². The van der Waals surface area contributed by atoms with Gasteiger partial charge >= 0.3 is 0 Å². The van der Waals surface area contributed by atoms with Gasteiger partial charge in [-0.2, -0.15) is 0 Å². The topological polar surface area (TPSA) is 26.3 Å². The summed E-state index contributed by atoms with van der Waals surface area (Å²) in [5.41, 5.74) is 6.51. The third kappa shape index (κ3) is 3.17. The van der Waals surface area contributed by atoms with E-state index in [9.17, 15) is 0 Å². The van der Waals surface area contributed by atoms with Gasteiger partial charge in [0.1, 0.15) is 22.3 Å². The lowest BCUT2D eigenvalue weighted by atomic mass is 9.86. The lowest BCUT2D eigenvalue weighted by Crippen LogP contribution is -2.10. The number of furan rings is 2. The van der Waals surface area contributed by atoms with E-state index < -0.39 is 0 Å². The van der Waals surface area contributed by atoms with Gasteiger partial charge in [-0.3, -0.25) is 0 Å². The number of benzene rings is 5. The van der Waals surface area contributed by atoms with Crippen LogP contribution < -0.4 is 0 Å². The lowest BCUT2D eigenvalue weighted by molar-refractivity contribution is 0.591. The van der Waals surface area contributed by atoms with E-state index in [1.54, 1.807) is 0 Å². The molecule has 7 rings (SSSR count). The summed E-state index contributed by atoms with van der Waals surface area (Å²) in [7, 11) is 0. The van der Waals surface area contributed by atoms with Crippen molar-refractivity contribution in [3.63, 3.8) is 0 Å². The van der Waals surface area contributed by atoms with Crippen LogP contribution in [-0.4, -0.2) is 0 Å². The highest BCUT2D eigenvalue weighted by Gasteiger charge is 2.18. The van der Waals surface area contributed by atoms with Crippen LogP contribution in [0, 0.1) is 0 Å². The van der Waals surface area contributed by atoms with Crippen LogP contribution >= 0.6 is 0 Å². The molecule has 0 saturated heterocycles. The first-order valence-corrected chi connectivity index (χ1v) is 12.8. The highest BCUT2D eigenvalue weighted by molar-refractivity contribution is 6.18. The van der Waals surface area contributed by atoms with Crippen molar-refractivity contribution in [1.29, 1.82) is 0 Å². The molecule has 36 heavy (non-hydrogen) atoms. The average molecular weight is 471 g/mol. The van der Waals surface area contributed by atoms with Crippen molar-refractivity contribution in [1.82, 2.24) is 0 Å². The Hall–Kier alpha value is -3.78. The van der Waals surface area contributed by atoms with Crippen molar-refractivity contribution in [3.8, 4) is 0 Å². The first kappa shape index (κ1) is 21.5. The molecule has 0 radical (unpaired) electrons. The minimum atomic E-state index is 0.112. The SMILES string of the molecule is CC(C)(C)c1ccc2cc3c(cc2c1)oc1cc2c(cc13)oc1cc3cc(C(C)(C)C)ccc3cc12. The van der Waals surface area contributed by atoms with Crippen molar-refractivity contribution >= 4 is 65.4 Å². The molecule has 0 fully saturated rings. The zero-order chi connectivity index (χ0) is 25.0. The van der Waals surface area contributed by atoms with E-state index >= 15 is 0 Å². The zero-order valence-corrected chi connectivity index (χ0v) is 21.7. The standard InChI is InChI=1S/C34H30O2/c1-33(2,3)23-9-7-19-13-25-27-17-32-28(18-31(27)35-29(25)15-21(19)11-23)26-14-20-8-10-24(34(4,5)6)12-22(20)16-30(26)36-32/h7-18H,1-6H3. The molecule has 2 heterocycles. The van der Waals surface area contributed by atoms with Crippen LogP contribution in [0.2, 0.25) is 0 Å². The summed E-state index contributed by atoms with van der Waals surface area (Å²) in [6.07, 6.45) is 0. The molecule has 0 amide bonds. The monoisotopic (exact) mass is 470 g/mol. The Morgan fingerprint density at radius 1 is 0.389 bits per heavy atom. The molecule has 5 aromatic carbocycles. The van der Waals surface area contributed by atoms with Crippen LogP contribution in [0.15, 0.2) is 81.6 Å². The third-order valence-electron chi connectivity index (χ3n) is 7.71. The summed E-state index contributed by atoms with van der Waals surface area (Å²) in [4.78, 5) is 0. The fourth-order valence-corrected chi connectivity index (χ4v) is 5.46. The van der Waals surface area contributed by atoms with Gasteiger partial charge in [-0.25, -0.2) is 0 Å². The quantitative estimate of drug-likeness (QED) is 0.220. The van der Waals surface area contributed by atoms with Crippen LogP contribution in [0.4, 0.5) is 0 Å². The molecule has 0 aliphatic carbocycles. The molecule has 0 bridgehead atoms. The van der Waals surface area contributed by atoms with Gasteiger partial charge in [0.2, 0.25) is 0 Å². The highest BCUT2D eigenvalue weighted by atomic mass is 16.3. The Bertz CT molecular complexity index is 1850. The smallest absolute Gasteiger partial charge is 0.136 e. The van der Waals surface area contributed by atoms with E-state index in [0.717, 1.165) is 43.9 Å². The molecule has 0 aliphatic heterocycles. The van der Waals surface area contributed by atoms with Crippen LogP contribution in [0.25, 0.3) is 65.4 Å². The first-order valence-electron chi connectivity index (χ1n) is 12.8. The zero-order valence-electron chi connectivity index (χ0n) is 21.7. The summed E-state index contributed by atoms with van der Waals surface area (Å²) in [5, 5.41) is 9.32. The van der Waals surface area contributed by atoms with E-state index in [2.05, 4.69) is 114 Å². The molecule has 0 unspecified atom stereocenters. The first-order chi connectivity index (χ1) is 17.0. The summed E-state index contributed by atoms with van der Waals surface area (Å²) >= 11 is 0. The Morgan fingerprint density at radius 3 is 1.14 bits per heavy atom. The van der Waals surface area contributed by atoms with Gasteiger partial charge in [0, 0.05) is 21.5 Å². The molecule has 0 aliphatic rings. The predicted molar refractivity (Wildman–Crippen MR) is 153 cm³/mol. The molecule has 178 valence electrons. The second-order valence-electron chi connectivity index (χ2n) is 12.4. The molecule has 2 aromatic heterocycles. The fraction of sp³-hybridized carbons (Fsp3) is 0.235. The van der Waals surface area contributed by atoms with Gasteiger partial charge in [0.05, 0.1) is 0 Å². The van der Waals surface area contributed by atoms with E-state index in [1.807, 2.05) is 0 Å². The highest BCUT2D eigenvalue weighted by Crippen LogP contribution is 2.40. The molecule has 2 heteroatoms. The van der Waals surface area contributed by atoms with Gasteiger partial charge in [-0.05, 0) is 79.9 Å². The maximum absolute atomic E-state index is 6.41.